The molecule has 3 heterocycles. The number of imide groups is 1. The molecular formula is C20H19N3O4. The number of ether oxygens (including phenoxy) is 1. The summed E-state index contributed by atoms with van der Waals surface area (Å²) in [5, 5.41) is 1.84. The van der Waals surface area contributed by atoms with Crippen molar-refractivity contribution >= 4 is 34.3 Å². The highest BCUT2D eigenvalue weighted by molar-refractivity contribution is 6.25. The molecule has 5 rings (SSSR count). The van der Waals surface area contributed by atoms with E-state index in [1.54, 1.807) is 15.9 Å². The molecule has 2 aromatic carbocycles. The Kier molecular flexibility index (Phi) is 3.48. The monoisotopic (exact) mass is 365 g/mol. The van der Waals surface area contributed by atoms with Gasteiger partial charge in [-0.2, -0.15) is 0 Å². The summed E-state index contributed by atoms with van der Waals surface area (Å²) in [4.78, 5) is 43.4. The van der Waals surface area contributed by atoms with Crippen molar-refractivity contribution < 1.29 is 19.1 Å². The molecule has 27 heavy (non-hydrogen) atoms. The van der Waals surface area contributed by atoms with E-state index in [9.17, 15) is 14.4 Å². The maximum absolute atomic E-state index is 13.3. The SMILES string of the molecule is COCC(=O)N1C[C@H]2CC1[C@H]1C(=O)N(c3cccc4ccccc34)C(=O)N21. The van der Waals surface area contributed by atoms with E-state index < -0.39 is 6.04 Å². The van der Waals surface area contributed by atoms with Crippen molar-refractivity contribution in [3.8, 4) is 0 Å². The van der Waals surface area contributed by atoms with E-state index >= 15 is 0 Å². The van der Waals surface area contributed by atoms with E-state index in [0.29, 0.717) is 18.7 Å². The number of amides is 4. The second kappa shape index (κ2) is 5.79. The van der Waals surface area contributed by atoms with Gasteiger partial charge in [0.1, 0.15) is 12.6 Å². The molecule has 3 saturated heterocycles. The van der Waals surface area contributed by atoms with E-state index in [4.69, 9.17) is 4.74 Å². The van der Waals surface area contributed by atoms with Gasteiger partial charge in [0, 0.05) is 19.0 Å². The van der Waals surface area contributed by atoms with Gasteiger partial charge in [-0.3, -0.25) is 9.59 Å². The van der Waals surface area contributed by atoms with Crippen molar-refractivity contribution in [3.05, 3.63) is 42.5 Å². The second-order valence-corrected chi connectivity index (χ2v) is 7.24. The molecule has 0 saturated carbocycles. The van der Waals surface area contributed by atoms with Crippen LogP contribution in [0.4, 0.5) is 10.5 Å². The number of carbonyl (C=O) groups is 3. The molecule has 2 aromatic rings. The Morgan fingerprint density at radius 1 is 1.15 bits per heavy atom. The number of nitrogens with zero attached hydrogens (tertiary/aromatic N) is 3. The van der Waals surface area contributed by atoms with Crippen LogP contribution >= 0.6 is 0 Å². The highest BCUT2D eigenvalue weighted by Gasteiger charge is 2.62. The highest BCUT2D eigenvalue weighted by atomic mass is 16.5. The van der Waals surface area contributed by atoms with Gasteiger partial charge < -0.3 is 14.5 Å². The number of methoxy groups -OCH3 is 1. The first-order valence-electron chi connectivity index (χ1n) is 9.04. The first-order chi connectivity index (χ1) is 13.1. The molecular weight excluding hydrogens is 346 g/mol. The van der Waals surface area contributed by atoms with Gasteiger partial charge in [-0.15, -0.1) is 0 Å². The maximum Gasteiger partial charge on any atom is 0.332 e. The van der Waals surface area contributed by atoms with Gasteiger partial charge in [0.05, 0.1) is 17.8 Å². The minimum atomic E-state index is -0.601. The molecule has 0 aromatic heterocycles. The molecule has 0 aliphatic carbocycles. The molecule has 3 aliphatic rings. The van der Waals surface area contributed by atoms with Crippen molar-refractivity contribution in [2.24, 2.45) is 0 Å². The van der Waals surface area contributed by atoms with Crippen molar-refractivity contribution in [3.63, 3.8) is 0 Å². The number of benzene rings is 2. The van der Waals surface area contributed by atoms with Crippen LogP contribution in [0, 0.1) is 0 Å². The van der Waals surface area contributed by atoms with Gasteiger partial charge in [-0.1, -0.05) is 36.4 Å². The molecule has 2 bridgehead atoms. The Balaban J connectivity index is 1.53. The van der Waals surface area contributed by atoms with Crippen LogP contribution < -0.4 is 4.90 Å². The summed E-state index contributed by atoms with van der Waals surface area (Å²) < 4.78 is 4.95. The largest absolute Gasteiger partial charge is 0.375 e. The molecule has 7 heteroatoms. The van der Waals surface area contributed by atoms with Crippen LogP contribution in [0.3, 0.4) is 0 Å². The Morgan fingerprint density at radius 3 is 2.74 bits per heavy atom. The van der Waals surface area contributed by atoms with Crippen LogP contribution in [0.1, 0.15) is 6.42 Å². The lowest BCUT2D eigenvalue weighted by atomic mass is 10.1. The number of anilines is 1. The van der Waals surface area contributed by atoms with E-state index in [1.807, 2.05) is 36.4 Å². The predicted molar refractivity (Wildman–Crippen MR) is 98.2 cm³/mol. The van der Waals surface area contributed by atoms with Crippen molar-refractivity contribution in [2.75, 3.05) is 25.2 Å². The van der Waals surface area contributed by atoms with Gasteiger partial charge in [0.2, 0.25) is 5.91 Å². The van der Waals surface area contributed by atoms with Crippen LogP contribution in [0.15, 0.2) is 42.5 Å². The van der Waals surface area contributed by atoms with E-state index in [-0.39, 0.29) is 36.5 Å². The Labute approximate surface area is 156 Å². The Morgan fingerprint density at radius 2 is 1.93 bits per heavy atom. The van der Waals surface area contributed by atoms with E-state index in [0.717, 1.165) is 10.8 Å². The third-order valence-electron chi connectivity index (χ3n) is 5.86. The molecule has 3 fully saturated rings. The lowest BCUT2D eigenvalue weighted by Crippen LogP contribution is -2.55. The number of carbonyl (C=O) groups excluding carboxylic acids is 3. The number of likely N-dealkylation sites (tertiary alicyclic amines) is 1. The van der Waals surface area contributed by atoms with Gasteiger partial charge in [0.25, 0.3) is 5.91 Å². The topological polar surface area (TPSA) is 70.2 Å². The quantitative estimate of drug-likeness (QED) is 0.775. The predicted octanol–water partition coefficient (Wildman–Crippen LogP) is 1.61. The normalized spacial score (nSPS) is 26.4. The number of urea groups is 1. The lowest BCUT2D eigenvalue weighted by molar-refractivity contribution is -0.139. The number of rotatable bonds is 3. The first kappa shape index (κ1) is 16.3. The number of hydrogen-bond donors (Lipinski definition) is 0. The molecule has 4 amide bonds. The summed E-state index contributed by atoms with van der Waals surface area (Å²) in [6.45, 7) is 0.455. The first-order valence-corrected chi connectivity index (χ1v) is 9.04. The van der Waals surface area contributed by atoms with Crippen LogP contribution in [-0.2, 0) is 14.3 Å². The zero-order chi connectivity index (χ0) is 18.7. The van der Waals surface area contributed by atoms with Gasteiger partial charge in [-0.25, -0.2) is 9.69 Å². The molecule has 3 aliphatic heterocycles. The number of piperazine rings is 1. The smallest absolute Gasteiger partial charge is 0.332 e. The Bertz CT molecular complexity index is 969. The van der Waals surface area contributed by atoms with Gasteiger partial charge >= 0.3 is 6.03 Å². The fourth-order valence-corrected chi connectivity index (χ4v) is 4.78. The molecule has 0 radical (unpaired) electrons. The average molecular weight is 365 g/mol. The third-order valence-corrected chi connectivity index (χ3v) is 5.86. The Hall–Kier alpha value is -2.93. The molecule has 0 N–H and O–H groups in total. The summed E-state index contributed by atoms with van der Waals surface area (Å²) in [7, 11) is 1.48. The number of fused-ring (bicyclic) bond motifs is 6. The summed E-state index contributed by atoms with van der Waals surface area (Å²) in [6.07, 6.45) is 0.654. The standard InChI is InChI=1S/C20H19N3O4/c1-27-11-17(24)21-10-13-9-16(21)18-19(25)23(20(26)22(13)18)15-8-4-6-12-5-2-3-7-14(12)15/h2-8,13,16,18H,9-11H2,1H3/t13-,16?,18+/m1/s1. The maximum atomic E-state index is 13.3. The van der Waals surface area contributed by atoms with E-state index in [1.165, 1.54) is 12.0 Å². The fraction of sp³-hybridized carbons (Fsp3) is 0.350. The molecule has 138 valence electrons. The summed E-state index contributed by atoms with van der Waals surface area (Å²) in [6, 6.07) is 12.0. The van der Waals surface area contributed by atoms with Gasteiger partial charge in [-0.05, 0) is 17.9 Å². The van der Waals surface area contributed by atoms with Crippen molar-refractivity contribution in [1.82, 2.24) is 9.80 Å². The zero-order valence-corrected chi connectivity index (χ0v) is 14.9. The summed E-state index contributed by atoms with van der Waals surface area (Å²) in [5.74, 6) is -0.382. The van der Waals surface area contributed by atoms with Crippen molar-refractivity contribution in [2.45, 2.75) is 24.5 Å². The second-order valence-electron chi connectivity index (χ2n) is 7.24. The highest BCUT2D eigenvalue weighted by Crippen LogP contribution is 2.43. The minimum absolute atomic E-state index is 0.00882. The fourth-order valence-electron chi connectivity index (χ4n) is 4.78. The molecule has 7 nitrogen and oxygen atoms in total. The summed E-state index contributed by atoms with van der Waals surface area (Å²) >= 11 is 0. The minimum Gasteiger partial charge on any atom is -0.375 e. The molecule has 0 spiro atoms. The van der Waals surface area contributed by atoms with Crippen LogP contribution in [0.2, 0.25) is 0 Å². The van der Waals surface area contributed by atoms with E-state index in [2.05, 4.69) is 0 Å². The zero-order valence-electron chi connectivity index (χ0n) is 14.9. The molecule has 1 unspecified atom stereocenters. The van der Waals surface area contributed by atoms with Crippen molar-refractivity contribution in [1.29, 1.82) is 0 Å². The lowest BCUT2D eigenvalue weighted by Gasteiger charge is -2.34. The van der Waals surface area contributed by atoms with Crippen LogP contribution in [-0.4, -0.2) is 66.0 Å². The van der Waals surface area contributed by atoms with Crippen LogP contribution in [0.5, 0.6) is 0 Å². The third kappa shape index (κ3) is 2.15. The van der Waals surface area contributed by atoms with Crippen LogP contribution in [0.25, 0.3) is 10.8 Å². The number of hydrogen-bond acceptors (Lipinski definition) is 4. The molecule has 3 atom stereocenters. The van der Waals surface area contributed by atoms with Gasteiger partial charge in [0.15, 0.2) is 0 Å². The average Bonchev–Trinajstić information content (AvgIpc) is 3.33. The summed E-state index contributed by atoms with van der Waals surface area (Å²) in [5.41, 5.74) is 0.603.